The average molecular weight is 443 g/mol. The zero-order valence-electron chi connectivity index (χ0n) is 18.0. The number of aryl methyl sites for hydroxylation is 2. The molecule has 2 aliphatic rings. The molecule has 1 heterocycles. The van der Waals surface area contributed by atoms with Gasteiger partial charge in [-0.2, -0.15) is 4.31 Å². The molecular formula is C24H30N2O4S. The van der Waals surface area contributed by atoms with Gasteiger partial charge in [-0.15, -0.1) is 0 Å². The summed E-state index contributed by atoms with van der Waals surface area (Å²) >= 11 is 0. The molecule has 1 amide bonds. The molecule has 0 radical (unpaired) electrons. The lowest BCUT2D eigenvalue weighted by Gasteiger charge is -2.31. The van der Waals surface area contributed by atoms with Crippen LogP contribution >= 0.6 is 0 Å². The number of amides is 1. The van der Waals surface area contributed by atoms with Crippen LogP contribution in [0.25, 0.3) is 0 Å². The van der Waals surface area contributed by atoms with Crippen LogP contribution in [0.2, 0.25) is 0 Å². The fourth-order valence-electron chi connectivity index (χ4n) is 4.55. The van der Waals surface area contributed by atoms with Crippen LogP contribution in [0.3, 0.4) is 0 Å². The van der Waals surface area contributed by atoms with Crippen molar-refractivity contribution in [2.75, 3.05) is 20.2 Å². The Kier molecular flexibility index (Phi) is 6.62. The van der Waals surface area contributed by atoms with Gasteiger partial charge < -0.3 is 10.1 Å². The molecule has 0 unspecified atom stereocenters. The van der Waals surface area contributed by atoms with Gasteiger partial charge in [0.25, 0.3) is 0 Å². The smallest absolute Gasteiger partial charge is 0.243 e. The second-order valence-electron chi connectivity index (χ2n) is 8.35. The molecule has 1 fully saturated rings. The van der Waals surface area contributed by atoms with Crippen molar-refractivity contribution in [3.8, 4) is 5.75 Å². The third-order valence-electron chi connectivity index (χ3n) is 6.43. The summed E-state index contributed by atoms with van der Waals surface area (Å²) in [7, 11) is -1.91. The van der Waals surface area contributed by atoms with Crippen LogP contribution in [0.15, 0.2) is 47.4 Å². The van der Waals surface area contributed by atoms with E-state index in [1.165, 1.54) is 16.3 Å². The van der Waals surface area contributed by atoms with E-state index in [1.807, 2.05) is 36.4 Å². The van der Waals surface area contributed by atoms with Crippen LogP contribution in [0.4, 0.5) is 0 Å². The number of sulfonamides is 1. The number of hydrogen-bond acceptors (Lipinski definition) is 4. The molecule has 2 aromatic rings. The molecule has 4 rings (SSSR count). The zero-order valence-corrected chi connectivity index (χ0v) is 18.8. The van der Waals surface area contributed by atoms with Crippen LogP contribution in [0.1, 0.15) is 42.4 Å². The first kappa shape index (κ1) is 21.8. The lowest BCUT2D eigenvalue weighted by Crippen LogP contribution is -2.42. The summed E-state index contributed by atoms with van der Waals surface area (Å²) in [5.74, 6) is 0.537. The molecule has 0 atom stereocenters. The number of piperidine rings is 1. The maximum atomic E-state index is 13.1. The predicted molar refractivity (Wildman–Crippen MR) is 119 cm³/mol. The Hall–Kier alpha value is -2.38. The van der Waals surface area contributed by atoms with E-state index in [4.69, 9.17) is 4.74 Å². The van der Waals surface area contributed by atoms with Crippen molar-refractivity contribution in [3.05, 3.63) is 59.2 Å². The van der Waals surface area contributed by atoms with Crippen LogP contribution in [0.5, 0.6) is 5.75 Å². The van der Waals surface area contributed by atoms with E-state index in [1.54, 1.807) is 13.2 Å². The van der Waals surface area contributed by atoms with Gasteiger partial charge in [-0.3, -0.25) is 4.79 Å². The standard InChI is InChI=1S/C24H30N2O4S/c1-30-23-9-5-4-8-21(23)17-25-24(27)19-12-14-26(15-13-19)31(28,29)22-11-10-18-6-2-3-7-20(18)16-22/h4-5,8-11,16,19H,2-3,6-7,12-15,17H2,1H3,(H,25,27). The summed E-state index contributed by atoms with van der Waals surface area (Å²) in [5, 5.41) is 2.98. The number of benzene rings is 2. The van der Waals surface area contributed by atoms with Crippen molar-refractivity contribution in [1.29, 1.82) is 0 Å². The van der Waals surface area contributed by atoms with Gasteiger partial charge in [0.05, 0.1) is 12.0 Å². The van der Waals surface area contributed by atoms with Crippen LogP contribution in [0, 0.1) is 5.92 Å². The van der Waals surface area contributed by atoms with Crippen molar-refractivity contribution in [2.24, 2.45) is 5.92 Å². The average Bonchev–Trinajstić information content (AvgIpc) is 2.82. The molecule has 6 nitrogen and oxygen atoms in total. The van der Waals surface area contributed by atoms with E-state index in [2.05, 4.69) is 5.32 Å². The number of methoxy groups -OCH3 is 1. The van der Waals surface area contributed by atoms with Gasteiger partial charge in [0, 0.05) is 31.1 Å². The highest BCUT2D eigenvalue weighted by Gasteiger charge is 2.32. The summed E-state index contributed by atoms with van der Waals surface area (Å²) in [6.45, 7) is 1.13. The first-order chi connectivity index (χ1) is 15.0. The second-order valence-corrected chi connectivity index (χ2v) is 10.3. The maximum Gasteiger partial charge on any atom is 0.243 e. The normalized spacial score (nSPS) is 17.7. The van der Waals surface area contributed by atoms with E-state index < -0.39 is 10.0 Å². The van der Waals surface area contributed by atoms with Crippen LogP contribution in [-0.2, 0) is 34.2 Å². The Bertz CT molecular complexity index is 1040. The molecule has 166 valence electrons. The van der Waals surface area contributed by atoms with Crippen molar-refractivity contribution < 1.29 is 17.9 Å². The molecule has 7 heteroatoms. The van der Waals surface area contributed by atoms with Gasteiger partial charge in [0.1, 0.15) is 5.75 Å². The number of rotatable bonds is 6. The molecule has 0 bridgehead atoms. The maximum absolute atomic E-state index is 13.1. The third-order valence-corrected chi connectivity index (χ3v) is 8.32. The van der Waals surface area contributed by atoms with Crippen molar-refractivity contribution >= 4 is 15.9 Å². The molecule has 31 heavy (non-hydrogen) atoms. The van der Waals surface area contributed by atoms with Crippen molar-refractivity contribution in [3.63, 3.8) is 0 Å². The topological polar surface area (TPSA) is 75.7 Å². The summed E-state index contributed by atoms with van der Waals surface area (Å²) in [5.41, 5.74) is 3.36. The molecular weight excluding hydrogens is 412 g/mol. The number of hydrogen-bond donors (Lipinski definition) is 1. The monoisotopic (exact) mass is 442 g/mol. The molecule has 0 spiro atoms. The van der Waals surface area contributed by atoms with Crippen LogP contribution in [-0.4, -0.2) is 38.8 Å². The lowest BCUT2D eigenvalue weighted by atomic mass is 9.92. The quantitative estimate of drug-likeness (QED) is 0.745. The van der Waals surface area contributed by atoms with E-state index in [0.717, 1.165) is 36.1 Å². The summed E-state index contributed by atoms with van der Waals surface area (Å²) in [6.07, 6.45) is 5.33. The minimum absolute atomic E-state index is 0.0308. The van der Waals surface area contributed by atoms with Gasteiger partial charge in [-0.1, -0.05) is 24.3 Å². The third kappa shape index (κ3) is 4.77. The molecule has 1 aliphatic carbocycles. The molecule has 1 N–H and O–H groups in total. The number of nitrogens with one attached hydrogen (secondary N) is 1. The van der Waals surface area contributed by atoms with E-state index >= 15 is 0 Å². The Morgan fingerprint density at radius 1 is 1.06 bits per heavy atom. The summed E-state index contributed by atoms with van der Waals surface area (Å²) in [6, 6.07) is 13.2. The van der Waals surface area contributed by atoms with E-state index in [-0.39, 0.29) is 11.8 Å². The largest absolute Gasteiger partial charge is 0.496 e. The Morgan fingerprint density at radius 2 is 1.77 bits per heavy atom. The summed E-state index contributed by atoms with van der Waals surface area (Å²) < 4.78 is 33.1. The summed E-state index contributed by atoms with van der Waals surface area (Å²) in [4.78, 5) is 13.0. The van der Waals surface area contributed by atoms with Gasteiger partial charge in [0.15, 0.2) is 0 Å². The number of nitrogens with zero attached hydrogens (tertiary/aromatic N) is 1. The highest BCUT2D eigenvalue weighted by atomic mass is 32.2. The fourth-order valence-corrected chi connectivity index (χ4v) is 6.07. The van der Waals surface area contributed by atoms with E-state index in [9.17, 15) is 13.2 Å². The number of para-hydroxylation sites is 1. The Balaban J connectivity index is 1.35. The van der Waals surface area contributed by atoms with Crippen molar-refractivity contribution in [2.45, 2.75) is 50.0 Å². The second kappa shape index (κ2) is 9.40. The number of ether oxygens (including phenoxy) is 1. The van der Waals surface area contributed by atoms with Gasteiger partial charge in [-0.05, 0) is 67.9 Å². The lowest BCUT2D eigenvalue weighted by molar-refractivity contribution is -0.126. The molecule has 1 saturated heterocycles. The highest BCUT2D eigenvalue weighted by molar-refractivity contribution is 7.89. The van der Waals surface area contributed by atoms with Gasteiger partial charge >= 0.3 is 0 Å². The minimum Gasteiger partial charge on any atom is -0.496 e. The SMILES string of the molecule is COc1ccccc1CNC(=O)C1CCN(S(=O)(=O)c2ccc3c(c2)CCCC3)CC1. The highest BCUT2D eigenvalue weighted by Crippen LogP contribution is 2.28. The van der Waals surface area contributed by atoms with Crippen LogP contribution < -0.4 is 10.1 Å². The minimum atomic E-state index is -3.52. The fraction of sp³-hybridized carbons (Fsp3) is 0.458. The van der Waals surface area contributed by atoms with Gasteiger partial charge in [-0.25, -0.2) is 8.42 Å². The predicted octanol–water partition coefficient (Wildman–Crippen LogP) is 3.29. The van der Waals surface area contributed by atoms with E-state index in [0.29, 0.717) is 37.4 Å². The first-order valence-electron chi connectivity index (χ1n) is 11.0. The molecule has 0 aromatic heterocycles. The first-order valence-corrected chi connectivity index (χ1v) is 12.4. The number of carbonyl (C=O) groups is 1. The number of carbonyl (C=O) groups excluding carboxylic acids is 1. The van der Waals surface area contributed by atoms with Crippen molar-refractivity contribution in [1.82, 2.24) is 9.62 Å². The Morgan fingerprint density at radius 3 is 2.52 bits per heavy atom. The number of fused-ring (bicyclic) bond motifs is 1. The molecule has 0 saturated carbocycles. The Labute approximate surface area is 184 Å². The molecule has 2 aromatic carbocycles. The zero-order chi connectivity index (χ0) is 21.8. The molecule has 1 aliphatic heterocycles. The van der Waals surface area contributed by atoms with Gasteiger partial charge in [0.2, 0.25) is 15.9 Å².